The quantitative estimate of drug-likeness (QED) is 0.193. The van der Waals surface area contributed by atoms with Crippen LogP contribution in [0.3, 0.4) is 0 Å². The molecule has 4 atom stereocenters. The van der Waals surface area contributed by atoms with Gasteiger partial charge in [-0.1, -0.05) is 81.4 Å². The molecule has 0 spiro atoms. The highest BCUT2D eigenvalue weighted by atomic mass is 28.4. The largest absolute Gasteiger partial charge is 0.457 e. The summed E-state index contributed by atoms with van der Waals surface area (Å²) < 4.78 is 31.3. The third-order valence-corrected chi connectivity index (χ3v) is 11.8. The summed E-state index contributed by atoms with van der Waals surface area (Å²) >= 11 is 0. The van der Waals surface area contributed by atoms with Crippen LogP contribution in [0, 0.1) is 0 Å². The normalized spacial score (nSPS) is 22.5. The van der Waals surface area contributed by atoms with Gasteiger partial charge >= 0.3 is 5.97 Å². The van der Waals surface area contributed by atoms with Crippen LogP contribution in [0.1, 0.15) is 45.2 Å². The molecule has 2 unspecified atom stereocenters. The summed E-state index contributed by atoms with van der Waals surface area (Å²) in [4.78, 5) is 11.9. The lowest BCUT2D eigenvalue weighted by molar-refractivity contribution is -0.235. The van der Waals surface area contributed by atoms with Gasteiger partial charge in [0, 0.05) is 13.5 Å². The van der Waals surface area contributed by atoms with E-state index in [1.54, 1.807) is 0 Å². The van der Waals surface area contributed by atoms with Crippen molar-refractivity contribution in [2.24, 2.45) is 0 Å². The van der Waals surface area contributed by atoms with Gasteiger partial charge in [0.2, 0.25) is 0 Å². The summed E-state index contributed by atoms with van der Waals surface area (Å²) in [5, 5.41) is 0.0805. The molecule has 0 N–H and O–H groups in total. The van der Waals surface area contributed by atoms with Gasteiger partial charge in [-0.05, 0) is 42.1 Å². The van der Waals surface area contributed by atoms with Gasteiger partial charge in [-0.3, -0.25) is 4.79 Å². The average Bonchev–Trinajstić information content (AvgIpc) is 2.85. The number of aryl methyl sites for hydroxylation is 1. The lowest BCUT2D eigenvalue weighted by Gasteiger charge is -2.43. The number of hydrogen-bond acceptors (Lipinski definition) is 6. The van der Waals surface area contributed by atoms with E-state index in [1.165, 1.54) is 12.5 Å². The molecule has 6 nitrogen and oxygen atoms in total. The Morgan fingerprint density at radius 1 is 0.946 bits per heavy atom. The van der Waals surface area contributed by atoms with E-state index in [2.05, 4.69) is 58.1 Å². The van der Waals surface area contributed by atoms with Gasteiger partial charge in [0.05, 0.1) is 19.8 Å². The SMILES string of the molecule is CC(=O)OC1COC(CO[Si](C)(C)C(C)(C)C)[C@H](OCCCc2ccccc2)[C@@H]1OCc1ccccc1. The van der Waals surface area contributed by atoms with E-state index in [-0.39, 0.29) is 23.7 Å². The van der Waals surface area contributed by atoms with Crippen molar-refractivity contribution in [3.63, 3.8) is 0 Å². The summed E-state index contributed by atoms with van der Waals surface area (Å²) in [7, 11) is -2.00. The molecule has 1 aliphatic heterocycles. The minimum Gasteiger partial charge on any atom is -0.457 e. The molecule has 1 aliphatic rings. The smallest absolute Gasteiger partial charge is 0.303 e. The minimum atomic E-state index is -2.00. The first kappa shape index (κ1) is 29.5. The van der Waals surface area contributed by atoms with Crippen LogP contribution in [0.15, 0.2) is 60.7 Å². The maximum atomic E-state index is 11.9. The maximum Gasteiger partial charge on any atom is 0.303 e. The highest BCUT2D eigenvalue weighted by Gasteiger charge is 2.46. The molecule has 0 aromatic heterocycles. The molecule has 2 aromatic carbocycles. The highest BCUT2D eigenvalue weighted by Crippen LogP contribution is 2.37. The van der Waals surface area contributed by atoms with E-state index in [0.717, 1.165) is 18.4 Å². The fourth-order valence-electron chi connectivity index (χ4n) is 4.11. The molecule has 0 amide bonds. The van der Waals surface area contributed by atoms with Crippen LogP contribution >= 0.6 is 0 Å². The van der Waals surface area contributed by atoms with Gasteiger partial charge in [-0.2, -0.15) is 0 Å². The first-order chi connectivity index (χ1) is 17.6. The molecule has 0 aliphatic carbocycles. The molecule has 1 heterocycles. The van der Waals surface area contributed by atoms with Gasteiger partial charge < -0.3 is 23.4 Å². The first-order valence-corrected chi connectivity index (χ1v) is 16.2. The summed E-state index contributed by atoms with van der Waals surface area (Å²) in [5.41, 5.74) is 2.32. The van der Waals surface area contributed by atoms with E-state index in [0.29, 0.717) is 19.8 Å². The predicted molar refractivity (Wildman–Crippen MR) is 148 cm³/mol. The van der Waals surface area contributed by atoms with Crippen LogP contribution < -0.4 is 0 Å². The van der Waals surface area contributed by atoms with Crippen molar-refractivity contribution >= 4 is 14.3 Å². The molecule has 2 aromatic rings. The Labute approximate surface area is 223 Å². The highest BCUT2D eigenvalue weighted by molar-refractivity contribution is 6.74. The third kappa shape index (κ3) is 9.04. The number of rotatable bonds is 12. The monoisotopic (exact) mass is 528 g/mol. The molecular formula is C30H44O6Si. The van der Waals surface area contributed by atoms with Gasteiger partial charge in [0.15, 0.2) is 14.4 Å². The first-order valence-electron chi connectivity index (χ1n) is 13.3. The van der Waals surface area contributed by atoms with Crippen LogP contribution in [-0.2, 0) is 41.2 Å². The van der Waals surface area contributed by atoms with Crippen molar-refractivity contribution in [1.82, 2.24) is 0 Å². The number of esters is 1. The summed E-state index contributed by atoms with van der Waals surface area (Å²) in [6.45, 7) is 14.1. The summed E-state index contributed by atoms with van der Waals surface area (Å²) in [5.74, 6) is -0.360. The number of carbonyl (C=O) groups is 1. The van der Waals surface area contributed by atoms with Gasteiger partial charge in [-0.25, -0.2) is 0 Å². The second-order valence-electron chi connectivity index (χ2n) is 11.3. The molecule has 7 heteroatoms. The van der Waals surface area contributed by atoms with Gasteiger partial charge in [-0.15, -0.1) is 0 Å². The van der Waals surface area contributed by atoms with Crippen LogP contribution in [0.25, 0.3) is 0 Å². The number of carbonyl (C=O) groups excluding carboxylic acids is 1. The lowest BCUT2D eigenvalue weighted by Crippen LogP contribution is -2.58. The van der Waals surface area contributed by atoms with Crippen molar-refractivity contribution in [3.05, 3.63) is 71.8 Å². The van der Waals surface area contributed by atoms with E-state index in [4.69, 9.17) is 23.4 Å². The zero-order chi connectivity index (χ0) is 26.9. The molecule has 37 heavy (non-hydrogen) atoms. The van der Waals surface area contributed by atoms with Crippen LogP contribution in [-0.4, -0.2) is 58.5 Å². The Morgan fingerprint density at radius 2 is 1.57 bits per heavy atom. The Bertz CT molecular complexity index is 944. The van der Waals surface area contributed by atoms with E-state index in [1.807, 2.05) is 36.4 Å². The molecule has 1 fully saturated rings. The molecule has 0 saturated carbocycles. The zero-order valence-corrected chi connectivity index (χ0v) is 24.3. The Morgan fingerprint density at radius 3 is 2.16 bits per heavy atom. The van der Waals surface area contributed by atoms with Gasteiger partial charge in [0.1, 0.15) is 18.3 Å². The molecule has 1 saturated heterocycles. The van der Waals surface area contributed by atoms with E-state index >= 15 is 0 Å². The molecular weight excluding hydrogens is 484 g/mol. The number of ether oxygens (including phenoxy) is 4. The fourth-order valence-corrected chi connectivity index (χ4v) is 5.12. The Hall–Kier alpha value is -2.03. The standard InChI is InChI=1S/C30H44O6Si/c1-23(31)36-27-21-33-26(22-35-37(5,6)30(2,3)4)28(29(27)34-20-25-16-11-8-12-17-25)32-19-13-18-24-14-9-7-10-15-24/h7-12,14-17,26-29H,13,18-22H2,1-6H3/t26?,27?,28-,29+/m0/s1. The fraction of sp³-hybridized carbons (Fsp3) is 0.567. The summed E-state index contributed by atoms with van der Waals surface area (Å²) in [6, 6.07) is 20.4. The van der Waals surface area contributed by atoms with Crippen LogP contribution in [0.2, 0.25) is 18.1 Å². The topological polar surface area (TPSA) is 63.2 Å². The van der Waals surface area contributed by atoms with Crippen molar-refractivity contribution in [2.75, 3.05) is 19.8 Å². The molecule has 0 bridgehead atoms. The molecule has 3 rings (SSSR count). The second-order valence-corrected chi connectivity index (χ2v) is 16.1. The van der Waals surface area contributed by atoms with E-state index < -0.39 is 26.6 Å². The lowest BCUT2D eigenvalue weighted by atomic mass is 9.99. The Kier molecular flexibility index (Phi) is 10.9. The molecule has 0 radical (unpaired) electrons. The third-order valence-electron chi connectivity index (χ3n) is 7.31. The Balaban J connectivity index is 1.75. The van der Waals surface area contributed by atoms with Crippen molar-refractivity contribution in [1.29, 1.82) is 0 Å². The maximum absolute atomic E-state index is 11.9. The second kappa shape index (κ2) is 13.7. The average molecular weight is 529 g/mol. The van der Waals surface area contributed by atoms with Crippen molar-refractivity contribution in [3.8, 4) is 0 Å². The van der Waals surface area contributed by atoms with Crippen LogP contribution in [0.5, 0.6) is 0 Å². The number of hydrogen-bond donors (Lipinski definition) is 0. The zero-order valence-electron chi connectivity index (χ0n) is 23.3. The van der Waals surface area contributed by atoms with Crippen molar-refractivity contribution < 1.29 is 28.2 Å². The predicted octanol–water partition coefficient (Wildman–Crippen LogP) is 5.94. The minimum absolute atomic E-state index is 0.0805. The van der Waals surface area contributed by atoms with Crippen LogP contribution in [0.4, 0.5) is 0 Å². The van der Waals surface area contributed by atoms with Gasteiger partial charge in [0.25, 0.3) is 0 Å². The summed E-state index contributed by atoms with van der Waals surface area (Å²) in [6.07, 6.45) is 0.00967. The molecule has 204 valence electrons. The number of benzene rings is 2. The van der Waals surface area contributed by atoms with E-state index in [9.17, 15) is 4.79 Å². The van der Waals surface area contributed by atoms with Crippen molar-refractivity contribution in [2.45, 2.75) is 89.7 Å².